The topological polar surface area (TPSA) is 29.5 Å². The van der Waals surface area contributed by atoms with Gasteiger partial charge in [0, 0.05) is 11.0 Å². The van der Waals surface area contributed by atoms with Crippen LogP contribution in [-0.4, -0.2) is 37.2 Å². The van der Waals surface area contributed by atoms with E-state index in [-0.39, 0.29) is 12.8 Å². The summed E-state index contributed by atoms with van der Waals surface area (Å²) in [5, 5.41) is 0. The van der Waals surface area contributed by atoms with Crippen molar-refractivity contribution in [1.29, 1.82) is 0 Å². The van der Waals surface area contributed by atoms with Crippen LogP contribution in [0.25, 0.3) is 0 Å². The van der Waals surface area contributed by atoms with Crippen LogP contribution in [0.2, 0.25) is 0 Å². The maximum atomic E-state index is 12.7. The van der Waals surface area contributed by atoms with Gasteiger partial charge in [0.1, 0.15) is 0 Å². The molecule has 0 atom stereocenters. The Balaban J connectivity index is 2.05. The van der Waals surface area contributed by atoms with Crippen molar-refractivity contribution >= 4 is 21.9 Å². The summed E-state index contributed by atoms with van der Waals surface area (Å²) in [4.78, 5) is 13.7. The molecule has 1 aliphatic rings. The Labute approximate surface area is 135 Å². The summed E-state index contributed by atoms with van der Waals surface area (Å²) in [5.74, 6) is -1.66. The predicted octanol–water partition coefficient (Wildman–Crippen LogP) is 4.01. The summed E-state index contributed by atoms with van der Waals surface area (Å²) in [5.41, 5.74) is 1.20. The molecule has 122 valence electrons. The second-order valence-corrected chi connectivity index (χ2v) is 6.30. The van der Waals surface area contributed by atoms with Crippen LogP contribution >= 0.6 is 15.9 Å². The number of esters is 1. The minimum Gasteiger partial charge on any atom is -0.465 e. The van der Waals surface area contributed by atoms with E-state index < -0.39 is 18.1 Å². The highest BCUT2D eigenvalue weighted by molar-refractivity contribution is 9.10. The molecular formula is C15H17BrF3NO2. The van der Waals surface area contributed by atoms with E-state index in [0.717, 1.165) is 10.0 Å². The molecule has 7 heteroatoms. The minimum absolute atomic E-state index is 0.105. The van der Waals surface area contributed by atoms with E-state index >= 15 is 0 Å². The van der Waals surface area contributed by atoms with Gasteiger partial charge in [-0.15, -0.1) is 0 Å². The van der Waals surface area contributed by atoms with Gasteiger partial charge in [0.05, 0.1) is 18.6 Å². The summed E-state index contributed by atoms with van der Waals surface area (Å²) in [6.45, 7) is 1.20. The number of hydrogen-bond donors (Lipinski definition) is 0. The maximum absolute atomic E-state index is 12.7. The van der Waals surface area contributed by atoms with Gasteiger partial charge >= 0.3 is 12.1 Å². The number of benzene rings is 1. The molecule has 22 heavy (non-hydrogen) atoms. The van der Waals surface area contributed by atoms with Crippen LogP contribution in [-0.2, 0) is 11.3 Å². The molecule has 0 N–H and O–H groups in total. The molecule has 1 aromatic rings. The number of methoxy groups -OCH3 is 1. The summed E-state index contributed by atoms with van der Waals surface area (Å²) in [7, 11) is 1.31. The first-order valence-electron chi connectivity index (χ1n) is 6.97. The molecule has 0 saturated carbocycles. The van der Waals surface area contributed by atoms with Crippen LogP contribution in [0, 0.1) is 5.92 Å². The van der Waals surface area contributed by atoms with Crippen molar-refractivity contribution in [1.82, 2.24) is 4.90 Å². The number of piperidine rings is 1. The molecule has 1 heterocycles. The van der Waals surface area contributed by atoms with Gasteiger partial charge in [-0.3, -0.25) is 4.90 Å². The molecule has 0 unspecified atom stereocenters. The fraction of sp³-hybridized carbons (Fsp3) is 0.533. The van der Waals surface area contributed by atoms with Crippen molar-refractivity contribution < 1.29 is 22.7 Å². The Morgan fingerprint density at radius 2 is 2.00 bits per heavy atom. The number of likely N-dealkylation sites (tertiary alicyclic amines) is 1. The van der Waals surface area contributed by atoms with Crippen LogP contribution in [0.4, 0.5) is 13.2 Å². The first-order chi connectivity index (χ1) is 10.3. The fourth-order valence-electron chi connectivity index (χ4n) is 2.65. The lowest BCUT2D eigenvalue weighted by Crippen LogP contribution is -2.38. The molecule has 0 aliphatic carbocycles. The van der Waals surface area contributed by atoms with Crippen LogP contribution in [0.1, 0.15) is 28.8 Å². The van der Waals surface area contributed by atoms with E-state index in [4.69, 9.17) is 4.74 Å². The van der Waals surface area contributed by atoms with Crippen LogP contribution in [0.5, 0.6) is 0 Å². The fourth-order valence-corrected chi connectivity index (χ4v) is 3.01. The van der Waals surface area contributed by atoms with Gasteiger partial charge in [-0.05, 0) is 43.6 Å². The first-order valence-corrected chi connectivity index (χ1v) is 7.76. The summed E-state index contributed by atoms with van der Waals surface area (Å²) in [6, 6.07) is 5.28. The molecule has 0 amide bonds. The van der Waals surface area contributed by atoms with Gasteiger partial charge in [0.15, 0.2) is 0 Å². The molecule has 0 aromatic heterocycles. The SMILES string of the molecule is COC(=O)c1cc(Br)ccc1CN1CCC(C(F)(F)F)CC1. The van der Waals surface area contributed by atoms with Crippen molar-refractivity contribution in [3.8, 4) is 0 Å². The smallest absolute Gasteiger partial charge is 0.391 e. The second-order valence-electron chi connectivity index (χ2n) is 5.39. The van der Waals surface area contributed by atoms with E-state index in [0.29, 0.717) is 25.2 Å². The molecule has 0 bridgehead atoms. The molecule has 0 radical (unpaired) electrons. The molecule has 2 rings (SSSR count). The monoisotopic (exact) mass is 379 g/mol. The van der Waals surface area contributed by atoms with E-state index in [9.17, 15) is 18.0 Å². The zero-order chi connectivity index (χ0) is 16.3. The van der Waals surface area contributed by atoms with Crippen LogP contribution in [0.3, 0.4) is 0 Å². The summed E-state index contributed by atoms with van der Waals surface area (Å²) in [6.07, 6.45) is -3.90. The Kier molecular flexibility index (Phi) is 5.50. The van der Waals surface area contributed by atoms with Crippen LogP contribution < -0.4 is 0 Å². The van der Waals surface area contributed by atoms with Gasteiger partial charge in [-0.25, -0.2) is 4.79 Å². The number of alkyl halides is 3. The minimum atomic E-state index is -4.11. The van der Waals surface area contributed by atoms with Gasteiger partial charge in [-0.1, -0.05) is 22.0 Å². The predicted molar refractivity (Wildman–Crippen MR) is 79.5 cm³/mol. The number of ether oxygens (including phenoxy) is 1. The molecule has 1 aromatic carbocycles. The third-order valence-corrected chi connectivity index (χ3v) is 4.41. The largest absolute Gasteiger partial charge is 0.465 e. The maximum Gasteiger partial charge on any atom is 0.391 e. The van der Waals surface area contributed by atoms with Gasteiger partial charge in [-0.2, -0.15) is 13.2 Å². The van der Waals surface area contributed by atoms with Crippen LogP contribution in [0.15, 0.2) is 22.7 Å². The number of rotatable bonds is 3. The lowest BCUT2D eigenvalue weighted by Gasteiger charge is -2.33. The van der Waals surface area contributed by atoms with Gasteiger partial charge < -0.3 is 4.74 Å². The van der Waals surface area contributed by atoms with Gasteiger partial charge in [0.2, 0.25) is 0 Å². The van der Waals surface area contributed by atoms with Crippen molar-refractivity contribution in [2.45, 2.75) is 25.6 Å². The number of carbonyl (C=O) groups is 1. The van der Waals surface area contributed by atoms with Crippen molar-refractivity contribution in [3.05, 3.63) is 33.8 Å². The molecule has 3 nitrogen and oxygen atoms in total. The van der Waals surface area contributed by atoms with Crippen molar-refractivity contribution in [2.75, 3.05) is 20.2 Å². The standard InChI is InChI=1S/C15H17BrF3NO2/c1-22-14(21)13-8-12(16)3-2-10(13)9-20-6-4-11(5-7-20)15(17,18)19/h2-3,8,11H,4-7,9H2,1H3. The highest BCUT2D eigenvalue weighted by atomic mass is 79.9. The zero-order valence-electron chi connectivity index (χ0n) is 12.1. The second kappa shape index (κ2) is 7.00. The summed E-state index contributed by atoms with van der Waals surface area (Å²) < 4.78 is 43.5. The molecular weight excluding hydrogens is 363 g/mol. The lowest BCUT2D eigenvalue weighted by molar-refractivity contribution is -0.185. The Bertz CT molecular complexity index is 540. The highest BCUT2D eigenvalue weighted by Crippen LogP contribution is 2.34. The van der Waals surface area contributed by atoms with Crippen molar-refractivity contribution in [2.24, 2.45) is 5.92 Å². The van der Waals surface area contributed by atoms with E-state index in [2.05, 4.69) is 15.9 Å². The summed E-state index contributed by atoms with van der Waals surface area (Å²) >= 11 is 3.30. The number of nitrogens with zero attached hydrogens (tertiary/aromatic N) is 1. The lowest BCUT2D eigenvalue weighted by atomic mass is 9.95. The number of carbonyl (C=O) groups excluding carboxylic acids is 1. The Hall–Kier alpha value is -1.08. The average Bonchev–Trinajstić information content (AvgIpc) is 2.48. The normalized spacial score (nSPS) is 17.5. The quantitative estimate of drug-likeness (QED) is 0.743. The molecule has 1 fully saturated rings. The highest BCUT2D eigenvalue weighted by Gasteiger charge is 2.41. The molecule has 1 aliphatic heterocycles. The Morgan fingerprint density at radius 3 is 2.55 bits per heavy atom. The van der Waals surface area contributed by atoms with Crippen molar-refractivity contribution in [3.63, 3.8) is 0 Å². The number of hydrogen-bond acceptors (Lipinski definition) is 3. The van der Waals surface area contributed by atoms with E-state index in [1.165, 1.54) is 7.11 Å². The zero-order valence-corrected chi connectivity index (χ0v) is 13.7. The number of halogens is 4. The van der Waals surface area contributed by atoms with E-state index in [1.807, 2.05) is 11.0 Å². The first kappa shape index (κ1) is 17.3. The Morgan fingerprint density at radius 1 is 1.36 bits per heavy atom. The molecule has 0 spiro atoms. The average molecular weight is 380 g/mol. The van der Waals surface area contributed by atoms with Gasteiger partial charge in [0.25, 0.3) is 0 Å². The third-order valence-electron chi connectivity index (χ3n) is 3.92. The molecule has 1 saturated heterocycles. The third kappa shape index (κ3) is 4.23. The van der Waals surface area contributed by atoms with E-state index in [1.54, 1.807) is 12.1 Å².